The van der Waals surface area contributed by atoms with E-state index in [4.69, 9.17) is 11.6 Å². The second-order valence-corrected chi connectivity index (χ2v) is 8.71. The third-order valence-corrected chi connectivity index (χ3v) is 7.15. The van der Waals surface area contributed by atoms with E-state index in [1.807, 2.05) is 6.07 Å². The Morgan fingerprint density at radius 2 is 0.967 bits per heavy atom. The van der Waals surface area contributed by atoms with Crippen LogP contribution in [0.1, 0.15) is 22.3 Å². The van der Waals surface area contributed by atoms with Gasteiger partial charge in [0, 0.05) is 5.02 Å². The molecule has 0 saturated heterocycles. The maximum atomic E-state index is 6.37. The molecule has 0 saturated carbocycles. The normalized spacial score (nSPS) is 14.4. The molecule has 5 aromatic carbocycles. The van der Waals surface area contributed by atoms with Crippen LogP contribution < -0.4 is 0 Å². The summed E-state index contributed by atoms with van der Waals surface area (Å²) in [4.78, 5) is 0. The predicted octanol–water partition coefficient (Wildman–Crippen LogP) is 7.84. The van der Waals surface area contributed by atoms with Gasteiger partial charge in [0.25, 0.3) is 0 Å². The summed E-state index contributed by atoms with van der Waals surface area (Å²) >= 11 is 6.37. The Kier molecular flexibility index (Phi) is 3.08. The van der Waals surface area contributed by atoms with Crippen LogP contribution >= 0.6 is 11.6 Å². The van der Waals surface area contributed by atoms with Crippen molar-refractivity contribution >= 4 is 22.4 Å². The van der Waals surface area contributed by atoms with Gasteiger partial charge < -0.3 is 0 Å². The van der Waals surface area contributed by atoms with Crippen molar-refractivity contribution in [3.05, 3.63) is 130 Å². The van der Waals surface area contributed by atoms with Crippen LogP contribution in [0.4, 0.5) is 0 Å². The molecule has 1 heteroatoms. The number of benzene rings is 5. The zero-order valence-electron chi connectivity index (χ0n) is 16.2. The Labute approximate surface area is 180 Å². The molecule has 2 aliphatic carbocycles. The lowest BCUT2D eigenvalue weighted by molar-refractivity contribution is 0.795. The lowest BCUT2D eigenvalue weighted by Crippen LogP contribution is -2.25. The predicted molar refractivity (Wildman–Crippen MR) is 125 cm³/mol. The molecule has 0 radical (unpaired) electrons. The molecule has 7 rings (SSSR count). The minimum Gasteiger partial charge on any atom is -0.0843 e. The molecule has 0 aromatic heterocycles. The van der Waals surface area contributed by atoms with Gasteiger partial charge in [0.2, 0.25) is 0 Å². The number of rotatable bonds is 0. The standard InChI is InChI=1S/C29H17Cl/c30-20-14-13-18-16-24-23-9-3-6-12-27(23)29(28(24)17-19(18)15-20)25-10-4-1-7-21(25)22-8-2-5-11-26(22)29/h1-17H. The van der Waals surface area contributed by atoms with E-state index >= 15 is 0 Å². The van der Waals surface area contributed by atoms with Crippen molar-refractivity contribution in [1.82, 2.24) is 0 Å². The number of fused-ring (bicyclic) bond motifs is 11. The summed E-state index contributed by atoms with van der Waals surface area (Å²) in [5.74, 6) is 0. The number of halogens is 1. The zero-order valence-corrected chi connectivity index (χ0v) is 16.9. The molecule has 0 unspecified atom stereocenters. The van der Waals surface area contributed by atoms with E-state index < -0.39 is 0 Å². The van der Waals surface area contributed by atoms with Crippen molar-refractivity contribution in [2.24, 2.45) is 0 Å². The van der Waals surface area contributed by atoms with Crippen LogP contribution in [0.15, 0.2) is 103 Å². The van der Waals surface area contributed by atoms with Gasteiger partial charge in [-0.25, -0.2) is 0 Å². The highest BCUT2D eigenvalue weighted by atomic mass is 35.5. The lowest BCUT2D eigenvalue weighted by Gasteiger charge is -2.30. The van der Waals surface area contributed by atoms with Gasteiger partial charge in [-0.1, -0.05) is 90.5 Å². The smallest absolute Gasteiger partial charge is 0.0725 e. The summed E-state index contributed by atoms with van der Waals surface area (Å²) < 4.78 is 0. The van der Waals surface area contributed by atoms with E-state index in [1.165, 1.54) is 55.3 Å². The van der Waals surface area contributed by atoms with E-state index in [0.717, 1.165) is 5.02 Å². The van der Waals surface area contributed by atoms with Crippen molar-refractivity contribution in [2.75, 3.05) is 0 Å². The van der Waals surface area contributed by atoms with Crippen molar-refractivity contribution in [1.29, 1.82) is 0 Å². The van der Waals surface area contributed by atoms with Gasteiger partial charge in [-0.05, 0) is 79.5 Å². The number of hydrogen-bond acceptors (Lipinski definition) is 0. The van der Waals surface area contributed by atoms with Crippen molar-refractivity contribution in [2.45, 2.75) is 5.41 Å². The van der Waals surface area contributed by atoms with Crippen LogP contribution in [0.5, 0.6) is 0 Å². The molecular weight excluding hydrogens is 384 g/mol. The maximum Gasteiger partial charge on any atom is 0.0725 e. The van der Waals surface area contributed by atoms with Gasteiger partial charge in [-0.15, -0.1) is 0 Å². The first kappa shape index (κ1) is 16.4. The highest BCUT2D eigenvalue weighted by molar-refractivity contribution is 6.31. The minimum atomic E-state index is -0.282. The van der Waals surface area contributed by atoms with Crippen LogP contribution in [-0.2, 0) is 5.41 Å². The van der Waals surface area contributed by atoms with Crippen LogP contribution in [0.3, 0.4) is 0 Å². The van der Waals surface area contributed by atoms with Crippen LogP contribution in [0, 0.1) is 0 Å². The average Bonchev–Trinajstić information content (AvgIpc) is 3.25. The summed E-state index contributed by atoms with van der Waals surface area (Å²) in [6.45, 7) is 0. The minimum absolute atomic E-state index is 0.282. The lowest BCUT2D eigenvalue weighted by atomic mass is 9.70. The number of hydrogen-bond donors (Lipinski definition) is 0. The Balaban J connectivity index is 1.72. The highest BCUT2D eigenvalue weighted by Crippen LogP contribution is 2.63. The fraction of sp³-hybridized carbons (Fsp3) is 0.0345. The summed E-state index contributed by atoms with van der Waals surface area (Å²) in [5.41, 5.74) is 10.5. The molecule has 2 aliphatic rings. The van der Waals surface area contributed by atoms with Crippen LogP contribution in [0.25, 0.3) is 33.0 Å². The maximum absolute atomic E-state index is 6.37. The third kappa shape index (κ3) is 1.84. The Morgan fingerprint density at radius 3 is 1.57 bits per heavy atom. The van der Waals surface area contributed by atoms with Gasteiger partial charge in [0.05, 0.1) is 5.41 Å². The zero-order chi connectivity index (χ0) is 19.9. The molecule has 0 amide bonds. The van der Waals surface area contributed by atoms with E-state index in [-0.39, 0.29) is 5.41 Å². The summed E-state index contributed by atoms with van der Waals surface area (Å²) in [5, 5.41) is 3.19. The second-order valence-electron chi connectivity index (χ2n) is 8.28. The van der Waals surface area contributed by atoms with Crippen molar-refractivity contribution in [3.63, 3.8) is 0 Å². The molecule has 0 nitrogen and oxygen atoms in total. The monoisotopic (exact) mass is 400 g/mol. The Bertz CT molecular complexity index is 1460. The molecule has 140 valence electrons. The van der Waals surface area contributed by atoms with E-state index in [1.54, 1.807) is 0 Å². The highest BCUT2D eigenvalue weighted by Gasteiger charge is 2.51. The van der Waals surface area contributed by atoms with E-state index in [9.17, 15) is 0 Å². The fourth-order valence-corrected chi connectivity index (χ4v) is 5.99. The first-order valence-electron chi connectivity index (χ1n) is 10.3. The van der Waals surface area contributed by atoms with Crippen LogP contribution in [0.2, 0.25) is 5.02 Å². The molecular formula is C29H17Cl. The Morgan fingerprint density at radius 1 is 0.433 bits per heavy atom. The molecule has 1 spiro atoms. The van der Waals surface area contributed by atoms with Crippen molar-refractivity contribution in [3.8, 4) is 22.3 Å². The molecule has 30 heavy (non-hydrogen) atoms. The first-order chi connectivity index (χ1) is 14.8. The SMILES string of the molecule is Clc1ccc2cc3c(cc2c1)C1(c2ccccc2-c2ccccc21)c1ccccc1-3. The molecule has 0 N–H and O–H groups in total. The largest absolute Gasteiger partial charge is 0.0843 e. The topological polar surface area (TPSA) is 0 Å². The van der Waals surface area contributed by atoms with Gasteiger partial charge in [0.15, 0.2) is 0 Å². The third-order valence-electron chi connectivity index (χ3n) is 6.92. The molecule has 0 bridgehead atoms. The van der Waals surface area contributed by atoms with Gasteiger partial charge in [-0.3, -0.25) is 0 Å². The van der Waals surface area contributed by atoms with Gasteiger partial charge in [-0.2, -0.15) is 0 Å². The van der Waals surface area contributed by atoms with E-state index in [0.29, 0.717) is 0 Å². The summed E-state index contributed by atoms with van der Waals surface area (Å²) in [7, 11) is 0. The van der Waals surface area contributed by atoms with E-state index in [2.05, 4.69) is 97.1 Å². The molecule has 0 aliphatic heterocycles. The summed E-state index contributed by atoms with van der Waals surface area (Å²) in [6.07, 6.45) is 0. The quantitative estimate of drug-likeness (QED) is 0.243. The molecule has 0 heterocycles. The first-order valence-corrected chi connectivity index (χ1v) is 10.7. The second kappa shape index (κ2) is 5.62. The molecule has 0 fully saturated rings. The van der Waals surface area contributed by atoms with Gasteiger partial charge in [0.1, 0.15) is 0 Å². The average molecular weight is 401 g/mol. The Hall–Kier alpha value is -3.35. The fourth-order valence-electron chi connectivity index (χ4n) is 5.81. The van der Waals surface area contributed by atoms with Crippen LogP contribution in [-0.4, -0.2) is 0 Å². The summed E-state index contributed by atoms with van der Waals surface area (Å²) in [6, 6.07) is 37.6. The van der Waals surface area contributed by atoms with Crippen molar-refractivity contribution < 1.29 is 0 Å². The van der Waals surface area contributed by atoms with Gasteiger partial charge >= 0.3 is 0 Å². The molecule has 5 aromatic rings. The molecule has 0 atom stereocenters.